The van der Waals surface area contributed by atoms with Crippen molar-refractivity contribution in [2.75, 3.05) is 6.54 Å². The summed E-state index contributed by atoms with van der Waals surface area (Å²) < 4.78 is 14.7. The van der Waals surface area contributed by atoms with Gasteiger partial charge in [0.25, 0.3) is 5.91 Å². The van der Waals surface area contributed by atoms with Crippen LogP contribution in [0.1, 0.15) is 27.0 Å². The summed E-state index contributed by atoms with van der Waals surface area (Å²) in [5.41, 5.74) is 4.05. The van der Waals surface area contributed by atoms with E-state index in [1.54, 1.807) is 42.1 Å². The summed E-state index contributed by atoms with van der Waals surface area (Å²) in [4.78, 5) is 19.6. The number of carbonyl (C=O) groups excluding carboxylic acids is 1. The third kappa shape index (κ3) is 4.76. The second kappa shape index (κ2) is 9.84. The predicted octanol–water partition coefficient (Wildman–Crippen LogP) is 7.09. The van der Waals surface area contributed by atoms with Gasteiger partial charge in [0.05, 0.1) is 11.4 Å². The number of carbonyl (C=O) groups is 1. The van der Waals surface area contributed by atoms with Gasteiger partial charge in [-0.2, -0.15) is 0 Å². The van der Waals surface area contributed by atoms with Gasteiger partial charge >= 0.3 is 0 Å². The molecule has 0 aromatic heterocycles. The van der Waals surface area contributed by atoms with Crippen LogP contribution in [0.3, 0.4) is 0 Å². The van der Waals surface area contributed by atoms with Gasteiger partial charge < -0.3 is 5.32 Å². The molecule has 0 bridgehead atoms. The fraction of sp³-hybridized carbons (Fsp3) is 0.0714. The summed E-state index contributed by atoms with van der Waals surface area (Å²) >= 11 is 7.60. The largest absolute Gasteiger partial charge is 0.352 e. The van der Waals surface area contributed by atoms with Crippen molar-refractivity contribution in [2.45, 2.75) is 16.2 Å². The second-order valence-electron chi connectivity index (χ2n) is 7.86. The van der Waals surface area contributed by atoms with Crippen LogP contribution in [-0.4, -0.2) is 18.2 Å². The highest BCUT2D eigenvalue weighted by atomic mass is 35.5. The van der Waals surface area contributed by atoms with Crippen LogP contribution in [0.5, 0.6) is 0 Å². The van der Waals surface area contributed by atoms with Crippen LogP contribution < -0.4 is 5.32 Å². The molecule has 0 fully saturated rings. The van der Waals surface area contributed by atoms with E-state index in [1.807, 2.05) is 54.6 Å². The molecule has 0 radical (unpaired) electrons. The molecule has 4 aromatic rings. The van der Waals surface area contributed by atoms with Crippen LogP contribution in [0.2, 0.25) is 5.02 Å². The van der Waals surface area contributed by atoms with Gasteiger partial charge in [-0.05, 0) is 60.5 Å². The molecule has 0 aliphatic carbocycles. The van der Waals surface area contributed by atoms with Crippen LogP contribution in [0.4, 0.5) is 10.1 Å². The van der Waals surface area contributed by atoms with E-state index in [2.05, 4.69) is 5.32 Å². The Morgan fingerprint density at radius 1 is 0.882 bits per heavy atom. The number of hydrogen-bond acceptors (Lipinski definition) is 3. The van der Waals surface area contributed by atoms with Crippen molar-refractivity contribution in [1.29, 1.82) is 0 Å². The smallest absolute Gasteiger partial charge is 0.251 e. The Morgan fingerprint density at radius 3 is 2.50 bits per heavy atom. The molecule has 6 heteroatoms. The molecule has 0 atom stereocenters. The average Bonchev–Trinajstić information content (AvgIpc) is 3.00. The lowest BCUT2D eigenvalue weighted by Crippen LogP contribution is -2.25. The maximum absolute atomic E-state index is 14.7. The lowest BCUT2D eigenvalue weighted by atomic mass is 10.0. The number of fused-ring (bicyclic) bond motifs is 2. The van der Waals surface area contributed by atoms with Gasteiger partial charge in [0, 0.05) is 38.0 Å². The van der Waals surface area contributed by atoms with Crippen LogP contribution in [0.15, 0.2) is 106 Å². The first kappa shape index (κ1) is 22.4. The fourth-order valence-electron chi connectivity index (χ4n) is 3.86. The van der Waals surface area contributed by atoms with E-state index in [-0.39, 0.29) is 11.7 Å². The first-order valence-corrected chi connectivity index (χ1v) is 12.1. The van der Waals surface area contributed by atoms with E-state index >= 15 is 0 Å². The van der Waals surface area contributed by atoms with E-state index in [9.17, 15) is 9.18 Å². The lowest BCUT2D eigenvalue weighted by molar-refractivity contribution is 0.0954. The number of nitrogens with zero attached hydrogens (tertiary/aromatic N) is 1. The summed E-state index contributed by atoms with van der Waals surface area (Å²) in [6.07, 6.45) is 0.679. The molecule has 0 saturated carbocycles. The van der Waals surface area contributed by atoms with Gasteiger partial charge in [0.15, 0.2) is 0 Å². The van der Waals surface area contributed by atoms with Crippen molar-refractivity contribution in [1.82, 2.24) is 5.32 Å². The molecule has 5 rings (SSSR count). The first-order valence-electron chi connectivity index (χ1n) is 10.9. The van der Waals surface area contributed by atoms with Crippen molar-refractivity contribution in [3.05, 3.63) is 124 Å². The van der Waals surface area contributed by atoms with Crippen LogP contribution in [0.25, 0.3) is 0 Å². The summed E-state index contributed by atoms with van der Waals surface area (Å²) in [7, 11) is 0. The molecule has 1 heterocycles. The van der Waals surface area contributed by atoms with Gasteiger partial charge in [-0.25, -0.2) is 9.38 Å². The van der Waals surface area contributed by atoms with E-state index < -0.39 is 0 Å². The molecular weight excluding hydrogens is 467 g/mol. The van der Waals surface area contributed by atoms with Gasteiger partial charge in [-0.3, -0.25) is 4.79 Å². The third-order valence-corrected chi connectivity index (χ3v) is 6.91. The van der Waals surface area contributed by atoms with E-state index in [4.69, 9.17) is 16.6 Å². The summed E-state index contributed by atoms with van der Waals surface area (Å²) in [6, 6.07) is 27.5. The predicted molar refractivity (Wildman–Crippen MR) is 136 cm³/mol. The first-order chi connectivity index (χ1) is 16.6. The van der Waals surface area contributed by atoms with Crippen LogP contribution >= 0.6 is 23.4 Å². The minimum atomic E-state index is -0.334. The van der Waals surface area contributed by atoms with Gasteiger partial charge in [0.1, 0.15) is 5.82 Å². The van der Waals surface area contributed by atoms with E-state index in [0.29, 0.717) is 40.5 Å². The van der Waals surface area contributed by atoms with Crippen molar-refractivity contribution >= 4 is 40.7 Å². The van der Waals surface area contributed by atoms with Crippen molar-refractivity contribution in [3.8, 4) is 0 Å². The highest BCUT2D eigenvalue weighted by molar-refractivity contribution is 7.99. The molecule has 3 nitrogen and oxygen atoms in total. The Bertz CT molecular complexity index is 1420. The molecule has 1 aliphatic heterocycles. The number of nitrogens with one attached hydrogen (secondary N) is 1. The van der Waals surface area contributed by atoms with Crippen molar-refractivity contribution < 1.29 is 9.18 Å². The Balaban J connectivity index is 1.44. The number of benzene rings is 4. The second-order valence-corrected chi connectivity index (χ2v) is 9.38. The third-order valence-electron chi connectivity index (χ3n) is 5.53. The Morgan fingerprint density at radius 2 is 1.68 bits per heavy atom. The molecule has 168 valence electrons. The summed E-state index contributed by atoms with van der Waals surface area (Å²) in [5, 5.41) is 3.64. The zero-order valence-corrected chi connectivity index (χ0v) is 19.7. The molecule has 0 spiro atoms. The normalized spacial score (nSPS) is 12.2. The molecular formula is C28H20ClFN2OS. The van der Waals surface area contributed by atoms with Crippen LogP contribution in [0, 0.1) is 5.82 Å². The highest BCUT2D eigenvalue weighted by Gasteiger charge is 2.21. The van der Waals surface area contributed by atoms with E-state index in [1.165, 1.54) is 6.07 Å². The van der Waals surface area contributed by atoms with Crippen molar-refractivity contribution in [3.63, 3.8) is 0 Å². The zero-order valence-electron chi connectivity index (χ0n) is 18.1. The topological polar surface area (TPSA) is 41.5 Å². The van der Waals surface area contributed by atoms with Gasteiger partial charge in [-0.15, -0.1) is 0 Å². The molecule has 1 N–H and O–H groups in total. The van der Waals surface area contributed by atoms with Gasteiger partial charge in [0.2, 0.25) is 0 Å². The molecule has 1 aliphatic rings. The number of halogens is 2. The monoisotopic (exact) mass is 486 g/mol. The number of rotatable bonds is 5. The minimum absolute atomic E-state index is 0.181. The maximum atomic E-state index is 14.7. The van der Waals surface area contributed by atoms with E-state index in [0.717, 1.165) is 20.9 Å². The molecule has 0 saturated heterocycles. The highest BCUT2D eigenvalue weighted by Crippen LogP contribution is 2.41. The quantitative estimate of drug-likeness (QED) is 0.288. The van der Waals surface area contributed by atoms with Crippen molar-refractivity contribution in [2.24, 2.45) is 4.99 Å². The lowest BCUT2D eigenvalue weighted by Gasteiger charge is -2.09. The number of hydrogen-bond donors (Lipinski definition) is 1. The standard InChI is InChI=1S/C28H20ClFN2OS/c29-20-7-5-6-18(16-20)14-15-31-28(33)19-12-13-26-24(17-19)32-27(21-8-1-3-10-23(21)30)22-9-2-4-11-25(22)34-26/h1-13,16-17H,14-15H2,(H,31,33). The minimum Gasteiger partial charge on any atom is -0.352 e. The number of amides is 1. The molecule has 0 unspecified atom stereocenters. The summed E-state index contributed by atoms with van der Waals surface area (Å²) in [5.74, 6) is -0.515. The Hall–Kier alpha value is -3.41. The average molecular weight is 487 g/mol. The fourth-order valence-corrected chi connectivity index (χ4v) is 5.07. The molecule has 4 aromatic carbocycles. The summed E-state index contributed by atoms with van der Waals surface area (Å²) in [6.45, 7) is 0.486. The molecule has 1 amide bonds. The number of aliphatic imine (C=N–C) groups is 1. The van der Waals surface area contributed by atoms with Crippen LogP contribution in [-0.2, 0) is 6.42 Å². The SMILES string of the molecule is O=C(NCCc1cccc(Cl)c1)c1ccc2c(c1)N=C(c1ccccc1F)c1ccccc1S2. The van der Waals surface area contributed by atoms with Gasteiger partial charge in [-0.1, -0.05) is 65.8 Å². The molecule has 34 heavy (non-hydrogen) atoms. The Kier molecular flexibility index (Phi) is 6.48. The Labute approximate surface area is 206 Å². The zero-order chi connectivity index (χ0) is 23.5. The maximum Gasteiger partial charge on any atom is 0.251 e.